The number of hydrogen-bond acceptors (Lipinski definition) is 11. The molecular formula is C64H69F2N8O4PS2. The van der Waals surface area contributed by atoms with Gasteiger partial charge in [0.2, 0.25) is 11.8 Å². The summed E-state index contributed by atoms with van der Waals surface area (Å²) in [5.74, 6) is 3.20. The van der Waals surface area contributed by atoms with Gasteiger partial charge in [-0.15, -0.1) is 0 Å². The van der Waals surface area contributed by atoms with E-state index in [1.54, 1.807) is 73.2 Å². The van der Waals surface area contributed by atoms with Gasteiger partial charge in [0.05, 0.1) is 59.5 Å². The van der Waals surface area contributed by atoms with Crippen LogP contribution in [-0.4, -0.2) is 99.7 Å². The van der Waals surface area contributed by atoms with E-state index < -0.39 is 9.84 Å². The maximum atomic E-state index is 13.4. The Labute approximate surface area is 481 Å². The van der Waals surface area contributed by atoms with E-state index >= 15 is 0 Å². The van der Waals surface area contributed by atoms with Crippen LogP contribution in [0.4, 0.5) is 31.8 Å². The first-order chi connectivity index (χ1) is 38.8. The highest BCUT2D eigenvalue weighted by atomic mass is 32.2. The third-order valence-electron chi connectivity index (χ3n) is 13.3. The average molecular weight is 1150 g/mol. The van der Waals surface area contributed by atoms with Crippen LogP contribution in [0.3, 0.4) is 0 Å². The van der Waals surface area contributed by atoms with Crippen LogP contribution in [0.2, 0.25) is 0 Å². The number of sulfone groups is 1. The monoisotopic (exact) mass is 1150 g/mol. The van der Waals surface area contributed by atoms with Gasteiger partial charge in [-0.25, -0.2) is 27.2 Å². The fourth-order valence-electron chi connectivity index (χ4n) is 9.76. The van der Waals surface area contributed by atoms with Crippen molar-refractivity contribution in [2.45, 2.75) is 64.7 Å². The molecule has 2 aliphatic rings. The second kappa shape index (κ2) is 27.4. The number of halogens is 2. The van der Waals surface area contributed by atoms with E-state index in [1.165, 1.54) is 46.9 Å². The molecule has 0 saturated carbocycles. The minimum absolute atomic E-state index is 0.130. The minimum Gasteiger partial charge on any atom is -0.355 e. The van der Waals surface area contributed by atoms with Gasteiger partial charge < -0.3 is 20.4 Å². The van der Waals surface area contributed by atoms with Gasteiger partial charge in [0, 0.05) is 61.2 Å². The fourth-order valence-corrected chi connectivity index (χ4v) is 16.0. The Balaban J connectivity index is 0.000000163. The fraction of sp³-hybridized carbons (Fsp3) is 0.281. The Bertz CT molecular complexity index is 3440. The van der Waals surface area contributed by atoms with Crippen LogP contribution in [0, 0.1) is 11.6 Å². The summed E-state index contributed by atoms with van der Waals surface area (Å²) in [7, 11) is -3.22. The zero-order valence-corrected chi connectivity index (χ0v) is 49.2. The topological polar surface area (TPSA) is 150 Å². The molecule has 81 heavy (non-hydrogen) atoms. The molecule has 12 nitrogen and oxygen atoms in total. The Morgan fingerprint density at radius 3 is 1.42 bits per heavy atom. The largest absolute Gasteiger partial charge is 0.355 e. The van der Waals surface area contributed by atoms with Gasteiger partial charge in [0.1, 0.15) is 23.3 Å². The predicted octanol–water partition coefficient (Wildman–Crippen LogP) is 12.8. The lowest BCUT2D eigenvalue weighted by Gasteiger charge is -2.42. The van der Waals surface area contributed by atoms with Gasteiger partial charge in [-0.1, -0.05) is 140 Å². The third kappa shape index (κ3) is 17.6. The molecule has 0 radical (unpaired) electrons. The second-order valence-corrected chi connectivity index (χ2v) is 29.0. The molecule has 2 saturated heterocycles. The zero-order valence-electron chi connectivity index (χ0n) is 46.7. The first kappa shape index (κ1) is 59.7. The summed E-state index contributed by atoms with van der Waals surface area (Å²) in [4.78, 5) is 46.4. The van der Waals surface area contributed by atoms with Crippen LogP contribution in [0.1, 0.15) is 52.7 Å². The number of rotatable bonds is 12. The van der Waals surface area contributed by atoms with Gasteiger partial charge in [-0.2, -0.15) is 11.8 Å². The molecule has 6 heterocycles. The number of nitrogens with zero attached hydrogens (tertiary/aromatic N) is 6. The summed E-state index contributed by atoms with van der Waals surface area (Å²) in [5, 5.41) is 7.74. The number of hydrogen-bond donors (Lipinski definition) is 2. The summed E-state index contributed by atoms with van der Waals surface area (Å²) in [6.45, 7) is 17.2. The molecule has 8 aromatic rings. The predicted molar refractivity (Wildman–Crippen MR) is 331 cm³/mol. The molecule has 2 N–H and O–H groups in total. The SMILES string of the molecule is CC(C)(C)P(c1ccccc1-c1ccccc1)C(C)(C)C.O=C(Cc1ccc(N2CCS(=O)(=O)CC2)nc1)Nc1ccc(-c2cccc(F)c2)nc1.O=C(Cc1ccc(N2CCSCC2)nc1)Nc1ccc(-c2cccc(F)c2)nc1. The summed E-state index contributed by atoms with van der Waals surface area (Å²) in [6, 6.07) is 46.7. The second-order valence-electron chi connectivity index (χ2n) is 21.7. The maximum absolute atomic E-state index is 13.4. The molecule has 0 bridgehead atoms. The zero-order chi connectivity index (χ0) is 57.6. The van der Waals surface area contributed by atoms with E-state index in [4.69, 9.17) is 0 Å². The van der Waals surface area contributed by atoms with Crippen molar-refractivity contribution in [3.05, 3.63) is 199 Å². The van der Waals surface area contributed by atoms with Crippen molar-refractivity contribution < 1.29 is 26.8 Å². The van der Waals surface area contributed by atoms with Crippen LogP contribution in [0.5, 0.6) is 0 Å². The average Bonchev–Trinajstić information content (AvgIpc) is 3.45. The lowest BCUT2D eigenvalue weighted by molar-refractivity contribution is -0.116. The summed E-state index contributed by atoms with van der Waals surface area (Å²) < 4.78 is 49.8. The Morgan fingerprint density at radius 1 is 0.531 bits per heavy atom. The van der Waals surface area contributed by atoms with Crippen LogP contribution in [0.25, 0.3) is 33.6 Å². The molecule has 4 aromatic carbocycles. The number of aromatic nitrogens is 4. The van der Waals surface area contributed by atoms with Crippen molar-refractivity contribution in [3.63, 3.8) is 0 Å². The van der Waals surface area contributed by atoms with Crippen molar-refractivity contribution in [1.82, 2.24) is 19.9 Å². The highest BCUT2D eigenvalue weighted by Gasteiger charge is 2.37. The lowest BCUT2D eigenvalue weighted by atomic mass is 10.1. The molecule has 2 aliphatic heterocycles. The number of thioether (sulfide) groups is 1. The van der Waals surface area contributed by atoms with E-state index in [-0.39, 0.29) is 55.7 Å². The number of carbonyl (C=O) groups excluding carboxylic acids is 2. The first-order valence-electron chi connectivity index (χ1n) is 26.9. The molecular weight excluding hydrogens is 1080 g/mol. The van der Waals surface area contributed by atoms with Crippen LogP contribution in [-0.2, 0) is 32.3 Å². The first-order valence-corrected chi connectivity index (χ1v) is 31.2. The van der Waals surface area contributed by atoms with Crippen LogP contribution < -0.4 is 25.7 Å². The van der Waals surface area contributed by atoms with Crippen molar-refractivity contribution >= 4 is 69.7 Å². The molecule has 0 spiro atoms. The van der Waals surface area contributed by atoms with Crippen molar-refractivity contribution in [2.24, 2.45) is 0 Å². The van der Waals surface area contributed by atoms with Gasteiger partial charge in [0.15, 0.2) is 9.84 Å². The Kier molecular flexibility index (Phi) is 20.2. The van der Waals surface area contributed by atoms with Gasteiger partial charge in [-0.05, 0) is 98.5 Å². The highest BCUT2D eigenvalue weighted by molar-refractivity contribution is 7.99. The number of pyridine rings is 4. The molecule has 2 amide bonds. The molecule has 4 aromatic heterocycles. The number of carbonyl (C=O) groups is 2. The lowest BCUT2D eigenvalue weighted by Crippen LogP contribution is -2.40. The minimum atomic E-state index is -2.94. The number of anilines is 4. The number of nitrogens with one attached hydrogen (secondary N) is 2. The molecule has 420 valence electrons. The quantitative estimate of drug-likeness (QED) is 0.113. The molecule has 2 fully saturated rings. The van der Waals surface area contributed by atoms with Gasteiger partial charge in [-0.3, -0.25) is 19.6 Å². The van der Waals surface area contributed by atoms with E-state index in [2.05, 4.69) is 132 Å². The Hall–Kier alpha value is -7.39. The van der Waals surface area contributed by atoms with Gasteiger partial charge in [0.25, 0.3) is 0 Å². The van der Waals surface area contributed by atoms with E-state index in [9.17, 15) is 26.8 Å². The molecule has 0 unspecified atom stereocenters. The standard InChI is InChI=1S/C22H21FN4O3S.C22H21FN4OS.C20H27P/c23-18-3-1-2-17(13-18)20-6-5-19(15-24-20)26-22(28)12-16-4-7-21(25-14-16)27-8-10-31(29,30)11-9-27;23-18-3-1-2-17(13-18)20-6-5-19(15-24-20)26-22(28)12-16-4-7-21(25-14-16)27-8-10-29-11-9-27;1-19(2,3)21(20(4,5)6)18-15-11-10-14-17(18)16-12-8-7-9-13-16/h1-7,13-15H,8-12H2,(H,26,28);1-7,13-15H,8-12H2,(H,26,28);7-15H,1-6H3. The Morgan fingerprint density at radius 2 is 0.988 bits per heavy atom. The van der Waals surface area contributed by atoms with E-state index in [0.29, 0.717) is 63.1 Å². The molecule has 0 atom stereocenters. The highest BCUT2D eigenvalue weighted by Crippen LogP contribution is 2.59. The van der Waals surface area contributed by atoms with Crippen molar-refractivity contribution in [1.29, 1.82) is 0 Å². The summed E-state index contributed by atoms with van der Waals surface area (Å²) >= 11 is 1.96. The molecule has 17 heteroatoms. The third-order valence-corrected chi connectivity index (χ3v) is 19.4. The number of benzene rings is 4. The maximum Gasteiger partial charge on any atom is 0.228 e. The van der Waals surface area contributed by atoms with Gasteiger partial charge >= 0.3 is 0 Å². The van der Waals surface area contributed by atoms with Crippen LogP contribution in [0.15, 0.2) is 176 Å². The summed E-state index contributed by atoms with van der Waals surface area (Å²) in [5.41, 5.74) is 8.10. The number of amides is 2. The van der Waals surface area contributed by atoms with E-state index in [1.807, 2.05) is 34.9 Å². The van der Waals surface area contributed by atoms with Crippen molar-refractivity contribution in [3.8, 4) is 33.6 Å². The molecule has 0 aliphatic carbocycles. The van der Waals surface area contributed by atoms with E-state index in [0.717, 1.165) is 41.5 Å². The van der Waals surface area contributed by atoms with Crippen molar-refractivity contribution in [2.75, 3.05) is 69.6 Å². The molecule has 10 rings (SSSR count). The van der Waals surface area contributed by atoms with Crippen LogP contribution >= 0.6 is 19.7 Å². The normalized spacial score (nSPS) is 14.2. The smallest absolute Gasteiger partial charge is 0.228 e. The summed E-state index contributed by atoms with van der Waals surface area (Å²) in [6.07, 6.45) is 6.89.